The molecule has 1 N–H and O–H groups in total. The van der Waals surface area contributed by atoms with Gasteiger partial charge in [-0.15, -0.1) is 0 Å². The lowest BCUT2D eigenvalue weighted by molar-refractivity contribution is 0.559. The van der Waals surface area contributed by atoms with Crippen LogP contribution in [0.3, 0.4) is 0 Å². The van der Waals surface area contributed by atoms with Crippen LogP contribution in [0.2, 0.25) is 5.02 Å². The molecule has 2 heterocycles. The molecule has 0 spiro atoms. The van der Waals surface area contributed by atoms with Crippen molar-refractivity contribution in [2.24, 2.45) is 0 Å². The van der Waals surface area contributed by atoms with Crippen LogP contribution in [0.5, 0.6) is 0 Å². The number of unbranched alkanes of at least 4 members (excludes halogenated alkanes) is 1. The topological polar surface area (TPSA) is 46.9 Å². The van der Waals surface area contributed by atoms with E-state index >= 15 is 0 Å². The number of fused-ring (bicyclic) bond motifs is 1. The maximum absolute atomic E-state index is 11.6. The summed E-state index contributed by atoms with van der Waals surface area (Å²) in [5, 5.41) is 5.23. The van der Waals surface area contributed by atoms with E-state index in [-0.39, 0.29) is 5.56 Å². The average molecular weight is 342 g/mol. The Hall–Kier alpha value is -2.17. The fourth-order valence-electron chi connectivity index (χ4n) is 2.76. The first-order valence-electron chi connectivity index (χ1n) is 8.13. The molecule has 0 aliphatic carbocycles. The molecule has 24 heavy (non-hydrogen) atoms. The van der Waals surface area contributed by atoms with Crippen LogP contribution in [0.15, 0.2) is 59.7 Å². The molecule has 0 aliphatic rings. The summed E-state index contributed by atoms with van der Waals surface area (Å²) in [4.78, 5) is 16.1. The van der Waals surface area contributed by atoms with Gasteiger partial charge < -0.3 is 9.88 Å². The first kappa shape index (κ1) is 16.7. The highest BCUT2D eigenvalue weighted by molar-refractivity contribution is 6.31. The largest absolute Gasteiger partial charge is 0.316 e. The zero-order valence-corrected chi connectivity index (χ0v) is 14.2. The Balaban J connectivity index is 1.49. The number of halogens is 1. The van der Waals surface area contributed by atoms with Crippen LogP contribution in [0.4, 0.5) is 0 Å². The van der Waals surface area contributed by atoms with Gasteiger partial charge in [0.15, 0.2) is 0 Å². The number of hydrogen-bond donors (Lipinski definition) is 1. The van der Waals surface area contributed by atoms with Crippen LogP contribution in [0, 0.1) is 0 Å². The summed E-state index contributed by atoms with van der Waals surface area (Å²) in [5.74, 6) is 0. The lowest BCUT2D eigenvalue weighted by Crippen LogP contribution is -2.19. The van der Waals surface area contributed by atoms with Crippen LogP contribution in [-0.2, 0) is 13.1 Å². The van der Waals surface area contributed by atoms with E-state index in [0.717, 1.165) is 54.0 Å². The first-order chi connectivity index (χ1) is 11.7. The Morgan fingerprint density at radius 2 is 2.04 bits per heavy atom. The number of pyridine rings is 2. The number of hydrogen-bond acceptors (Lipinski definition) is 3. The van der Waals surface area contributed by atoms with Crippen LogP contribution < -0.4 is 10.9 Å². The third-order valence-electron chi connectivity index (χ3n) is 3.97. The molecule has 0 fully saturated rings. The second-order valence-electron chi connectivity index (χ2n) is 5.76. The molecule has 0 unspecified atom stereocenters. The lowest BCUT2D eigenvalue weighted by Gasteiger charge is -2.09. The number of aryl methyl sites for hydroxylation is 1. The zero-order valence-electron chi connectivity index (χ0n) is 13.4. The molecule has 0 bridgehead atoms. The number of aromatic nitrogens is 2. The summed E-state index contributed by atoms with van der Waals surface area (Å²) in [6.07, 6.45) is 5.61. The van der Waals surface area contributed by atoms with Crippen LogP contribution >= 0.6 is 11.6 Å². The van der Waals surface area contributed by atoms with Crippen molar-refractivity contribution in [3.63, 3.8) is 0 Å². The van der Waals surface area contributed by atoms with Crippen molar-refractivity contribution >= 4 is 22.5 Å². The Kier molecular flexibility index (Phi) is 5.62. The van der Waals surface area contributed by atoms with Gasteiger partial charge in [0, 0.05) is 42.0 Å². The van der Waals surface area contributed by atoms with Crippen molar-refractivity contribution in [3.8, 4) is 0 Å². The molecule has 2 aromatic heterocycles. The summed E-state index contributed by atoms with van der Waals surface area (Å²) in [6.45, 7) is 2.38. The van der Waals surface area contributed by atoms with Crippen molar-refractivity contribution in [3.05, 3.63) is 75.8 Å². The van der Waals surface area contributed by atoms with Gasteiger partial charge in [0.05, 0.1) is 5.52 Å². The molecular formula is C19H20ClN3O. The SMILES string of the molecule is O=c1ccccn1CCCCNCc1cc(Cl)cc2cccnc12. The van der Waals surface area contributed by atoms with Gasteiger partial charge in [-0.2, -0.15) is 0 Å². The maximum Gasteiger partial charge on any atom is 0.250 e. The molecule has 0 saturated heterocycles. The van der Waals surface area contributed by atoms with Gasteiger partial charge in [-0.05, 0) is 49.2 Å². The fraction of sp³-hybridized carbons (Fsp3) is 0.263. The molecule has 3 aromatic rings. The van der Waals surface area contributed by atoms with Gasteiger partial charge in [0.1, 0.15) is 0 Å². The van der Waals surface area contributed by atoms with Gasteiger partial charge >= 0.3 is 0 Å². The third-order valence-corrected chi connectivity index (χ3v) is 4.18. The van der Waals surface area contributed by atoms with Crippen LogP contribution in [0.25, 0.3) is 10.9 Å². The lowest BCUT2D eigenvalue weighted by atomic mass is 10.1. The van der Waals surface area contributed by atoms with E-state index in [4.69, 9.17) is 11.6 Å². The Morgan fingerprint density at radius 3 is 2.92 bits per heavy atom. The first-order valence-corrected chi connectivity index (χ1v) is 8.51. The normalized spacial score (nSPS) is 11.0. The standard InChI is InChI=1S/C19H20ClN3O/c20-17-12-15-6-5-9-22-19(15)16(13-17)14-21-8-2-4-11-23-10-3-1-7-18(23)24/h1,3,5-7,9-10,12-13,21H,2,4,8,11,14H2. The fourth-order valence-corrected chi connectivity index (χ4v) is 3.01. The molecule has 0 radical (unpaired) electrons. The highest BCUT2D eigenvalue weighted by Crippen LogP contribution is 2.22. The summed E-state index contributed by atoms with van der Waals surface area (Å²) in [7, 11) is 0. The molecule has 4 nitrogen and oxygen atoms in total. The summed E-state index contributed by atoms with van der Waals surface area (Å²) >= 11 is 6.18. The molecule has 3 rings (SSSR count). The monoisotopic (exact) mass is 341 g/mol. The van der Waals surface area contributed by atoms with E-state index in [2.05, 4.69) is 10.3 Å². The third kappa shape index (κ3) is 4.22. The van der Waals surface area contributed by atoms with E-state index in [1.165, 1.54) is 0 Å². The second kappa shape index (κ2) is 8.08. The van der Waals surface area contributed by atoms with Gasteiger partial charge in [-0.3, -0.25) is 9.78 Å². The number of benzene rings is 1. The highest BCUT2D eigenvalue weighted by atomic mass is 35.5. The van der Waals surface area contributed by atoms with E-state index < -0.39 is 0 Å². The van der Waals surface area contributed by atoms with Gasteiger partial charge in [0.25, 0.3) is 0 Å². The Morgan fingerprint density at radius 1 is 1.12 bits per heavy atom. The quantitative estimate of drug-likeness (QED) is 0.668. The van der Waals surface area contributed by atoms with E-state index in [0.29, 0.717) is 0 Å². The minimum Gasteiger partial charge on any atom is -0.316 e. The van der Waals surface area contributed by atoms with Crippen molar-refractivity contribution in [1.82, 2.24) is 14.9 Å². The minimum absolute atomic E-state index is 0.0573. The van der Waals surface area contributed by atoms with Crippen molar-refractivity contribution in [1.29, 1.82) is 0 Å². The van der Waals surface area contributed by atoms with Gasteiger partial charge in [-0.1, -0.05) is 23.7 Å². The number of rotatable bonds is 7. The minimum atomic E-state index is 0.0573. The van der Waals surface area contributed by atoms with Gasteiger partial charge in [-0.25, -0.2) is 0 Å². The maximum atomic E-state index is 11.6. The zero-order chi connectivity index (χ0) is 16.8. The summed E-state index contributed by atoms with van der Waals surface area (Å²) in [6, 6.07) is 13.1. The molecule has 1 aromatic carbocycles. The van der Waals surface area contributed by atoms with E-state index in [9.17, 15) is 4.79 Å². The molecule has 124 valence electrons. The highest BCUT2D eigenvalue weighted by Gasteiger charge is 2.04. The van der Waals surface area contributed by atoms with Crippen LogP contribution in [-0.4, -0.2) is 16.1 Å². The molecule has 0 aliphatic heterocycles. The smallest absolute Gasteiger partial charge is 0.250 e. The van der Waals surface area contributed by atoms with Crippen molar-refractivity contribution in [2.75, 3.05) is 6.54 Å². The predicted octanol–water partition coefficient (Wildman–Crippen LogP) is 3.62. The second-order valence-corrected chi connectivity index (χ2v) is 6.19. The number of nitrogens with one attached hydrogen (secondary N) is 1. The van der Waals surface area contributed by atoms with Crippen molar-refractivity contribution in [2.45, 2.75) is 25.9 Å². The summed E-state index contributed by atoms with van der Waals surface area (Å²) < 4.78 is 1.74. The predicted molar refractivity (Wildman–Crippen MR) is 98.4 cm³/mol. The molecule has 5 heteroatoms. The number of nitrogens with zero attached hydrogens (tertiary/aromatic N) is 2. The molecular weight excluding hydrogens is 322 g/mol. The van der Waals surface area contributed by atoms with E-state index in [1.807, 2.05) is 36.5 Å². The average Bonchev–Trinajstić information content (AvgIpc) is 2.59. The van der Waals surface area contributed by atoms with Gasteiger partial charge in [0.2, 0.25) is 5.56 Å². The van der Waals surface area contributed by atoms with E-state index in [1.54, 1.807) is 22.9 Å². The Bertz CT molecular complexity index is 876. The summed E-state index contributed by atoms with van der Waals surface area (Å²) in [5.41, 5.74) is 2.16. The van der Waals surface area contributed by atoms with Crippen molar-refractivity contribution < 1.29 is 0 Å². The van der Waals surface area contributed by atoms with Crippen LogP contribution in [0.1, 0.15) is 18.4 Å². The Labute approximate surface area is 146 Å². The molecule has 0 saturated carbocycles. The molecule has 0 amide bonds. The molecule has 0 atom stereocenters.